The molecule has 1 aliphatic heterocycles. The Bertz CT molecular complexity index is 345. The standard InChI is InChI=1S/C18H32N2O2.ClH/c21-18(17-13-14-7-5-6-10-16(14)20-17)19-11-12-22-15-8-3-1-2-4-9-15;/h14-17,20H,1-13H2,(H,19,21);1H. The van der Waals surface area contributed by atoms with E-state index in [1.54, 1.807) is 0 Å². The Balaban J connectivity index is 0.00000192. The zero-order valence-electron chi connectivity index (χ0n) is 14.2. The van der Waals surface area contributed by atoms with Gasteiger partial charge in [-0.25, -0.2) is 0 Å². The Morgan fingerprint density at radius 2 is 1.70 bits per heavy atom. The Morgan fingerprint density at radius 3 is 2.43 bits per heavy atom. The fourth-order valence-electron chi connectivity index (χ4n) is 4.45. The molecule has 1 heterocycles. The van der Waals surface area contributed by atoms with E-state index in [1.165, 1.54) is 64.2 Å². The number of amides is 1. The summed E-state index contributed by atoms with van der Waals surface area (Å²) in [6, 6.07) is 0.623. The van der Waals surface area contributed by atoms with E-state index in [-0.39, 0.29) is 24.4 Å². The van der Waals surface area contributed by atoms with Gasteiger partial charge >= 0.3 is 0 Å². The first kappa shape index (κ1) is 19.0. The average Bonchev–Trinajstić information content (AvgIpc) is 2.81. The molecule has 134 valence electrons. The lowest BCUT2D eigenvalue weighted by atomic mass is 9.85. The Labute approximate surface area is 146 Å². The van der Waals surface area contributed by atoms with Crippen molar-refractivity contribution in [2.45, 2.75) is 88.8 Å². The Hall–Kier alpha value is -0.320. The van der Waals surface area contributed by atoms with Gasteiger partial charge in [0, 0.05) is 12.6 Å². The maximum atomic E-state index is 12.3. The molecular formula is C18H33ClN2O2. The summed E-state index contributed by atoms with van der Waals surface area (Å²) in [7, 11) is 0. The molecule has 1 amide bonds. The summed E-state index contributed by atoms with van der Waals surface area (Å²) in [5.74, 6) is 0.908. The van der Waals surface area contributed by atoms with Crippen molar-refractivity contribution in [2.75, 3.05) is 13.2 Å². The van der Waals surface area contributed by atoms with Gasteiger partial charge in [-0.2, -0.15) is 0 Å². The number of ether oxygens (including phenoxy) is 1. The van der Waals surface area contributed by atoms with Gasteiger partial charge in [0.2, 0.25) is 5.91 Å². The van der Waals surface area contributed by atoms with E-state index in [0.29, 0.717) is 25.3 Å². The van der Waals surface area contributed by atoms with Crippen LogP contribution < -0.4 is 10.6 Å². The van der Waals surface area contributed by atoms with Crippen LogP contribution in [0.15, 0.2) is 0 Å². The molecule has 5 heteroatoms. The third kappa shape index (κ3) is 5.61. The topological polar surface area (TPSA) is 50.4 Å². The van der Waals surface area contributed by atoms with Crippen LogP contribution in [0.1, 0.15) is 70.6 Å². The smallest absolute Gasteiger partial charge is 0.237 e. The van der Waals surface area contributed by atoms with Crippen LogP contribution in [-0.4, -0.2) is 37.2 Å². The van der Waals surface area contributed by atoms with Gasteiger partial charge < -0.3 is 15.4 Å². The summed E-state index contributed by atoms with van der Waals surface area (Å²) in [5.41, 5.74) is 0. The minimum absolute atomic E-state index is 0. The highest BCUT2D eigenvalue weighted by Crippen LogP contribution is 2.33. The lowest BCUT2D eigenvalue weighted by Gasteiger charge is -2.24. The molecule has 3 atom stereocenters. The minimum atomic E-state index is 0. The number of carbonyl (C=O) groups is 1. The second-order valence-corrected chi connectivity index (χ2v) is 7.38. The molecule has 23 heavy (non-hydrogen) atoms. The number of rotatable bonds is 5. The molecule has 2 N–H and O–H groups in total. The summed E-state index contributed by atoms with van der Waals surface area (Å²) < 4.78 is 5.94. The largest absolute Gasteiger partial charge is 0.376 e. The van der Waals surface area contributed by atoms with Crippen LogP contribution in [0.3, 0.4) is 0 Å². The van der Waals surface area contributed by atoms with Crippen LogP contribution in [0.25, 0.3) is 0 Å². The molecule has 0 bridgehead atoms. The SMILES string of the molecule is Cl.O=C(NCCOC1CCCCCC1)C1CC2CCCCC2N1. The molecule has 3 unspecified atom stereocenters. The van der Waals surface area contributed by atoms with Crippen molar-refractivity contribution in [1.82, 2.24) is 10.6 Å². The monoisotopic (exact) mass is 344 g/mol. The van der Waals surface area contributed by atoms with E-state index in [1.807, 2.05) is 0 Å². The van der Waals surface area contributed by atoms with Gasteiger partial charge in [-0.15, -0.1) is 12.4 Å². The maximum absolute atomic E-state index is 12.3. The zero-order valence-corrected chi connectivity index (χ0v) is 15.0. The third-order valence-corrected chi connectivity index (χ3v) is 5.74. The molecule has 0 aromatic heterocycles. The summed E-state index contributed by atoms with van der Waals surface area (Å²) in [6.45, 7) is 1.32. The molecule has 3 fully saturated rings. The third-order valence-electron chi connectivity index (χ3n) is 5.74. The van der Waals surface area contributed by atoms with Crippen molar-refractivity contribution in [3.05, 3.63) is 0 Å². The van der Waals surface area contributed by atoms with Crippen LogP contribution >= 0.6 is 12.4 Å². The highest BCUT2D eigenvalue weighted by atomic mass is 35.5. The van der Waals surface area contributed by atoms with E-state index in [9.17, 15) is 4.79 Å². The lowest BCUT2D eigenvalue weighted by molar-refractivity contribution is -0.123. The van der Waals surface area contributed by atoms with Crippen LogP contribution in [0.4, 0.5) is 0 Å². The van der Waals surface area contributed by atoms with E-state index < -0.39 is 0 Å². The lowest BCUT2D eigenvalue weighted by Crippen LogP contribution is -2.44. The van der Waals surface area contributed by atoms with Crippen LogP contribution in [0, 0.1) is 5.92 Å². The molecule has 0 aromatic rings. The van der Waals surface area contributed by atoms with E-state index in [4.69, 9.17) is 4.74 Å². The molecule has 3 aliphatic rings. The molecule has 4 nitrogen and oxygen atoms in total. The second-order valence-electron chi connectivity index (χ2n) is 7.38. The second kappa shape index (κ2) is 9.85. The average molecular weight is 345 g/mol. The Kier molecular flexibility index (Phi) is 8.14. The number of nitrogens with one attached hydrogen (secondary N) is 2. The van der Waals surface area contributed by atoms with Crippen molar-refractivity contribution < 1.29 is 9.53 Å². The van der Waals surface area contributed by atoms with Gasteiger partial charge in [-0.1, -0.05) is 38.5 Å². The first-order chi connectivity index (χ1) is 10.8. The predicted molar refractivity (Wildman–Crippen MR) is 95.0 cm³/mol. The molecule has 2 aliphatic carbocycles. The molecule has 0 radical (unpaired) electrons. The number of hydrogen-bond donors (Lipinski definition) is 2. The number of halogens is 1. The summed E-state index contributed by atoms with van der Waals surface area (Å²) in [4.78, 5) is 12.3. The number of hydrogen-bond acceptors (Lipinski definition) is 3. The van der Waals surface area contributed by atoms with Gasteiger partial charge in [-0.05, 0) is 38.0 Å². The molecular weight excluding hydrogens is 312 g/mol. The van der Waals surface area contributed by atoms with E-state index >= 15 is 0 Å². The molecule has 3 rings (SSSR count). The highest BCUT2D eigenvalue weighted by molar-refractivity contribution is 5.85. The summed E-state index contributed by atoms with van der Waals surface area (Å²) in [5, 5.41) is 6.60. The van der Waals surface area contributed by atoms with Crippen molar-refractivity contribution >= 4 is 18.3 Å². The fraction of sp³-hybridized carbons (Fsp3) is 0.944. The van der Waals surface area contributed by atoms with Gasteiger partial charge in [0.05, 0.1) is 18.8 Å². The van der Waals surface area contributed by atoms with Gasteiger partial charge in [0.25, 0.3) is 0 Å². The molecule has 1 saturated heterocycles. The minimum Gasteiger partial charge on any atom is -0.376 e. The summed E-state index contributed by atoms with van der Waals surface area (Å²) in [6.07, 6.45) is 14.3. The van der Waals surface area contributed by atoms with Gasteiger partial charge in [0.15, 0.2) is 0 Å². The van der Waals surface area contributed by atoms with E-state index in [0.717, 1.165) is 12.3 Å². The van der Waals surface area contributed by atoms with E-state index in [2.05, 4.69) is 10.6 Å². The molecule has 0 aromatic carbocycles. The fourth-order valence-corrected chi connectivity index (χ4v) is 4.45. The Morgan fingerprint density at radius 1 is 1.00 bits per heavy atom. The van der Waals surface area contributed by atoms with Crippen LogP contribution in [-0.2, 0) is 9.53 Å². The molecule has 2 saturated carbocycles. The van der Waals surface area contributed by atoms with Crippen LogP contribution in [0.5, 0.6) is 0 Å². The van der Waals surface area contributed by atoms with Gasteiger partial charge in [0.1, 0.15) is 0 Å². The first-order valence-electron chi connectivity index (χ1n) is 9.48. The normalized spacial score (nSPS) is 31.7. The first-order valence-corrected chi connectivity index (χ1v) is 9.48. The predicted octanol–water partition coefficient (Wildman–Crippen LogP) is 3.18. The number of fused-ring (bicyclic) bond motifs is 1. The zero-order chi connectivity index (χ0) is 15.2. The highest BCUT2D eigenvalue weighted by Gasteiger charge is 2.37. The summed E-state index contributed by atoms with van der Waals surface area (Å²) >= 11 is 0. The van der Waals surface area contributed by atoms with Gasteiger partial charge in [-0.3, -0.25) is 4.79 Å². The van der Waals surface area contributed by atoms with Crippen LogP contribution in [0.2, 0.25) is 0 Å². The van der Waals surface area contributed by atoms with Crippen molar-refractivity contribution in [3.8, 4) is 0 Å². The molecule has 0 spiro atoms. The van der Waals surface area contributed by atoms with Crippen molar-refractivity contribution in [1.29, 1.82) is 0 Å². The maximum Gasteiger partial charge on any atom is 0.237 e. The number of carbonyl (C=O) groups excluding carboxylic acids is 1. The van der Waals surface area contributed by atoms with Crippen molar-refractivity contribution in [3.63, 3.8) is 0 Å². The quantitative estimate of drug-likeness (QED) is 0.595. The van der Waals surface area contributed by atoms with Crippen molar-refractivity contribution in [2.24, 2.45) is 5.92 Å².